The molecule has 122 valence electrons. The van der Waals surface area contributed by atoms with Crippen molar-refractivity contribution in [3.8, 4) is 0 Å². The number of esters is 1. The summed E-state index contributed by atoms with van der Waals surface area (Å²) in [6.45, 7) is 18.7. The lowest BCUT2D eigenvalue weighted by Gasteiger charge is -2.41. The van der Waals surface area contributed by atoms with Gasteiger partial charge in [0.25, 0.3) is 0 Å². The van der Waals surface area contributed by atoms with Crippen molar-refractivity contribution in [1.82, 2.24) is 0 Å². The Morgan fingerprint density at radius 2 is 1.90 bits per heavy atom. The zero-order valence-electron chi connectivity index (χ0n) is 14.7. The molecule has 4 heteroatoms. The Hall–Kier alpha value is -0.613. The molecule has 0 amide bonds. The quantitative estimate of drug-likeness (QED) is 0.432. The monoisotopic (exact) mass is 312 g/mol. The topological polar surface area (TPSA) is 35.5 Å². The third-order valence-corrected chi connectivity index (χ3v) is 6.78. The summed E-state index contributed by atoms with van der Waals surface area (Å²) < 4.78 is 11.8. The van der Waals surface area contributed by atoms with Gasteiger partial charge in [0.2, 0.25) is 6.29 Å². The van der Waals surface area contributed by atoms with E-state index in [1.807, 2.05) is 26.8 Å². The first kappa shape index (κ1) is 18.4. The molecule has 4 atom stereocenters. The molecular formula is C17H32O3Si. The summed E-state index contributed by atoms with van der Waals surface area (Å²) in [5.41, 5.74) is -0.104. The van der Waals surface area contributed by atoms with Gasteiger partial charge in [0.1, 0.15) is 0 Å². The van der Waals surface area contributed by atoms with Crippen LogP contribution in [0.4, 0.5) is 0 Å². The summed E-state index contributed by atoms with van der Waals surface area (Å²) in [5.74, 6) is 0.0582. The van der Waals surface area contributed by atoms with E-state index in [2.05, 4.69) is 33.1 Å². The second-order valence-electron chi connectivity index (χ2n) is 8.38. The first-order chi connectivity index (χ1) is 9.46. The molecule has 1 saturated heterocycles. The van der Waals surface area contributed by atoms with Gasteiger partial charge in [0.15, 0.2) is 0 Å². The Morgan fingerprint density at radius 3 is 2.33 bits per heavy atom. The Bertz CT molecular complexity index is 378. The first-order valence-electron chi connectivity index (χ1n) is 7.96. The van der Waals surface area contributed by atoms with Gasteiger partial charge in [-0.3, -0.25) is 4.79 Å². The molecule has 1 aliphatic rings. The number of ether oxygens (including phenoxy) is 2. The molecule has 0 aromatic heterocycles. The van der Waals surface area contributed by atoms with Gasteiger partial charge in [-0.25, -0.2) is 0 Å². The van der Waals surface area contributed by atoms with Crippen LogP contribution in [0.3, 0.4) is 0 Å². The maximum Gasteiger partial charge on any atom is 0.313 e. The van der Waals surface area contributed by atoms with E-state index < -0.39 is 19.8 Å². The standard InChI is InChI=1S/C17H32O3Si/c1-9-14(21(6,7)8)13-11-10-12(2)15(19-13)20-16(18)17(3,4)5/h9,12-15H,1,10-11H2,2-8H3/t12-,13+,14?,15+/m0/s1. The molecule has 0 radical (unpaired) electrons. The smallest absolute Gasteiger partial charge is 0.313 e. The molecular weight excluding hydrogens is 280 g/mol. The van der Waals surface area contributed by atoms with Crippen LogP contribution in [-0.4, -0.2) is 26.4 Å². The SMILES string of the molecule is C=CC([C@H]1CC[C@H](C)[C@@H](OC(=O)C(C)(C)C)O1)[Si](C)(C)C. The molecule has 1 aliphatic heterocycles. The average molecular weight is 313 g/mol. The van der Waals surface area contributed by atoms with Gasteiger partial charge in [-0.2, -0.15) is 0 Å². The van der Waals surface area contributed by atoms with Crippen LogP contribution < -0.4 is 0 Å². The summed E-state index contributed by atoms with van der Waals surface area (Å²) in [7, 11) is -1.39. The summed E-state index contributed by atoms with van der Waals surface area (Å²) in [5, 5.41) is 0. The van der Waals surface area contributed by atoms with E-state index >= 15 is 0 Å². The zero-order valence-corrected chi connectivity index (χ0v) is 15.7. The fourth-order valence-corrected chi connectivity index (χ4v) is 4.76. The third-order valence-electron chi connectivity index (χ3n) is 4.17. The van der Waals surface area contributed by atoms with Crippen LogP contribution >= 0.6 is 0 Å². The minimum Gasteiger partial charge on any atom is -0.435 e. The van der Waals surface area contributed by atoms with E-state index in [4.69, 9.17) is 9.47 Å². The van der Waals surface area contributed by atoms with Crippen LogP contribution in [0.2, 0.25) is 25.2 Å². The Labute approximate surface area is 131 Å². The Kier molecular flexibility index (Phi) is 5.84. The fraction of sp³-hybridized carbons (Fsp3) is 0.824. The maximum absolute atomic E-state index is 12.1. The van der Waals surface area contributed by atoms with E-state index in [0.29, 0.717) is 5.54 Å². The highest BCUT2D eigenvalue weighted by Crippen LogP contribution is 2.37. The molecule has 21 heavy (non-hydrogen) atoms. The summed E-state index contributed by atoms with van der Waals surface area (Å²) in [4.78, 5) is 12.1. The van der Waals surface area contributed by atoms with Gasteiger partial charge in [0.05, 0.1) is 19.6 Å². The van der Waals surface area contributed by atoms with E-state index in [-0.39, 0.29) is 18.0 Å². The van der Waals surface area contributed by atoms with E-state index in [1.54, 1.807) is 0 Å². The van der Waals surface area contributed by atoms with Gasteiger partial charge in [-0.05, 0) is 39.2 Å². The fourth-order valence-electron chi connectivity index (χ4n) is 2.69. The largest absolute Gasteiger partial charge is 0.435 e. The van der Waals surface area contributed by atoms with Gasteiger partial charge in [-0.1, -0.05) is 32.6 Å². The van der Waals surface area contributed by atoms with Crippen LogP contribution in [-0.2, 0) is 14.3 Å². The van der Waals surface area contributed by atoms with Gasteiger partial charge >= 0.3 is 5.97 Å². The number of hydrogen-bond acceptors (Lipinski definition) is 3. The summed E-state index contributed by atoms with van der Waals surface area (Å²) in [6.07, 6.45) is 3.79. The highest BCUT2D eigenvalue weighted by Gasteiger charge is 2.40. The second-order valence-corrected chi connectivity index (χ2v) is 13.8. The highest BCUT2D eigenvalue weighted by atomic mass is 28.3. The van der Waals surface area contributed by atoms with Crippen molar-refractivity contribution in [2.75, 3.05) is 0 Å². The van der Waals surface area contributed by atoms with Crippen molar-refractivity contribution in [2.24, 2.45) is 11.3 Å². The van der Waals surface area contributed by atoms with Gasteiger partial charge in [0, 0.05) is 5.92 Å². The number of hydrogen-bond donors (Lipinski definition) is 0. The van der Waals surface area contributed by atoms with Crippen LogP contribution in [0.15, 0.2) is 12.7 Å². The lowest BCUT2D eigenvalue weighted by molar-refractivity contribution is -0.224. The minimum atomic E-state index is -1.39. The highest BCUT2D eigenvalue weighted by molar-refractivity contribution is 6.78. The Balaban J connectivity index is 2.79. The second kappa shape index (κ2) is 6.65. The first-order valence-corrected chi connectivity index (χ1v) is 11.5. The molecule has 1 fully saturated rings. The van der Waals surface area contributed by atoms with Crippen molar-refractivity contribution in [2.45, 2.75) is 78.1 Å². The van der Waals surface area contributed by atoms with Crippen molar-refractivity contribution in [3.63, 3.8) is 0 Å². The molecule has 0 aromatic rings. The summed E-state index contributed by atoms with van der Waals surface area (Å²) >= 11 is 0. The number of carbonyl (C=O) groups is 1. The molecule has 1 unspecified atom stereocenters. The molecule has 0 spiro atoms. The van der Waals surface area contributed by atoms with Gasteiger partial charge < -0.3 is 9.47 Å². The van der Waals surface area contributed by atoms with Crippen molar-refractivity contribution in [1.29, 1.82) is 0 Å². The lowest BCUT2D eigenvalue weighted by Crippen LogP contribution is -2.45. The molecule has 0 aliphatic carbocycles. The molecule has 1 heterocycles. The van der Waals surface area contributed by atoms with E-state index in [9.17, 15) is 4.79 Å². The van der Waals surface area contributed by atoms with Crippen LogP contribution in [0.1, 0.15) is 40.5 Å². The molecule has 0 bridgehead atoms. The molecule has 3 nitrogen and oxygen atoms in total. The van der Waals surface area contributed by atoms with Crippen LogP contribution in [0, 0.1) is 11.3 Å². The van der Waals surface area contributed by atoms with Gasteiger partial charge in [-0.15, -0.1) is 6.58 Å². The molecule has 0 saturated carbocycles. The van der Waals surface area contributed by atoms with Crippen molar-refractivity contribution >= 4 is 14.0 Å². The lowest BCUT2D eigenvalue weighted by atomic mass is 9.95. The van der Waals surface area contributed by atoms with E-state index in [1.165, 1.54) is 0 Å². The minimum absolute atomic E-state index is 0.128. The average Bonchev–Trinajstić information content (AvgIpc) is 2.31. The molecule has 0 aromatic carbocycles. The zero-order chi connectivity index (χ0) is 16.4. The van der Waals surface area contributed by atoms with Crippen molar-refractivity contribution < 1.29 is 14.3 Å². The predicted molar refractivity (Wildman–Crippen MR) is 89.9 cm³/mol. The molecule has 1 rings (SSSR count). The maximum atomic E-state index is 12.1. The normalized spacial score (nSPS) is 28.8. The van der Waals surface area contributed by atoms with E-state index in [0.717, 1.165) is 12.8 Å². The summed E-state index contributed by atoms with van der Waals surface area (Å²) in [6, 6.07) is 0. The third kappa shape index (κ3) is 4.96. The Morgan fingerprint density at radius 1 is 1.33 bits per heavy atom. The predicted octanol–water partition coefficient (Wildman–Crippen LogP) is 4.61. The molecule has 0 N–H and O–H groups in total. The number of carbonyl (C=O) groups excluding carboxylic acids is 1. The van der Waals surface area contributed by atoms with Crippen molar-refractivity contribution in [3.05, 3.63) is 12.7 Å². The number of rotatable bonds is 4. The van der Waals surface area contributed by atoms with Crippen LogP contribution in [0.25, 0.3) is 0 Å². The van der Waals surface area contributed by atoms with Crippen LogP contribution in [0.5, 0.6) is 0 Å².